The zero-order chi connectivity index (χ0) is 29.1. The Labute approximate surface area is 235 Å². The minimum absolute atomic E-state index is 0.0201. The second-order valence-corrected chi connectivity index (χ2v) is 11.1. The van der Waals surface area contributed by atoms with Gasteiger partial charge in [0.15, 0.2) is 11.6 Å². The number of carbonyl (C=O) groups is 1. The summed E-state index contributed by atoms with van der Waals surface area (Å²) in [5.74, 6) is -1.78. The number of aliphatic hydroxyl groups excluding tert-OH is 1. The maximum absolute atomic E-state index is 15.6. The minimum Gasteiger partial charge on any atom is -0.480 e. The average Bonchev–Trinajstić information content (AvgIpc) is 3.78. The molecule has 3 atom stereocenters. The maximum atomic E-state index is 15.6. The molecular formula is C28H35F4N5O4. The van der Waals surface area contributed by atoms with Gasteiger partial charge in [0, 0.05) is 44.8 Å². The van der Waals surface area contributed by atoms with Gasteiger partial charge in [0.25, 0.3) is 0 Å². The lowest BCUT2D eigenvalue weighted by molar-refractivity contribution is -0.149. The number of carboxylic acids is 1. The van der Waals surface area contributed by atoms with Gasteiger partial charge in [-0.2, -0.15) is 17.6 Å². The van der Waals surface area contributed by atoms with Crippen molar-refractivity contribution in [1.29, 1.82) is 0 Å². The lowest BCUT2D eigenvalue weighted by atomic mass is 9.87. The molecule has 13 heteroatoms. The van der Waals surface area contributed by atoms with E-state index in [1.54, 1.807) is 4.90 Å². The molecule has 0 bridgehead atoms. The lowest BCUT2D eigenvalue weighted by Gasteiger charge is -2.42. The SMILES string of the molecule is O=C(O)C(C1CCOCC1)N1CC[C@@H](CNc2ncnc(N(Cc3ccc(C(F)(F)F)cc3)C3CC3)c2F)[C@H](O)C1. The molecule has 5 rings (SSSR count). The molecule has 0 radical (unpaired) electrons. The van der Waals surface area contributed by atoms with Crippen LogP contribution >= 0.6 is 0 Å². The first-order valence-corrected chi connectivity index (χ1v) is 14.0. The molecule has 0 amide bonds. The molecule has 1 unspecified atom stereocenters. The average molecular weight is 582 g/mol. The number of aromatic nitrogens is 2. The van der Waals surface area contributed by atoms with Crippen molar-refractivity contribution in [2.75, 3.05) is 43.1 Å². The Morgan fingerprint density at radius 2 is 1.83 bits per heavy atom. The van der Waals surface area contributed by atoms with E-state index in [2.05, 4.69) is 15.3 Å². The first kappa shape index (κ1) is 29.5. The Balaban J connectivity index is 1.21. The summed E-state index contributed by atoms with van der Waals surface area (Å²) in [6.07, 6.45) is -0.478. The van der Waals surface area contributed by atoms with Crippen molar-refractivity contribution in [3.8, 4) is 0 Å². The van der Waals surface area contributed by atoms with Gasteiger partial charge in [-0.25, -0.2) is 9.97 Å². The van der Waals surface area contributed by atoms with E-state index in [4.69, 9.17) is 4.74 Å². The molecule has 3 N–H and O–H groups in total. The number of benzene rings is 1. The summed E-state index contributed by atoms with van der Waals surface area (Å²) in [6.45, 7) is 2.21. The van der Waals surface area contributed by atoms with Gasteiger partial charge in [-0.05, 0) is 62.3 Å². The number of halogens is 4. The van der Waals surface area contributed by atoms with E-state index in [1.807, 2.05) is 4.90 Å². The largest absolute Gasteiger partial charge is 0.480 e. The summed E-state index contributed by atoms with van der Waals surface area (Å²) < 4.78 is 59.8. The number of aliphatic hydroxyl groups is 1. The third-order valence-corrected chi connectivity index (χ3v) is 8.31. The normalized spacial score (nSPS) is 23.2. The maximum Gasteiger partial charge on any atom is 0.416 e. The van der Waals surface area contributed by atoms with Gasteiger partial charge in [0.2, 0.25) is 5.82 Å². The molecule has 1 aromatic carbocycles. The van der Waals surface area contributed by atoms with Crippen molar-refractivity contribution in [3.63, 3.8) is 0 Å². The smallest absolute Gasteiger partial charge is 0.416 e. The molecular weight excluding hydrogens is 546 g/mol. The predicted octanol–water partition coefficient (Wildman–Crippen LogP) is 3.78. The number of hydrogen-bond acceptors (Lipinski definition) is 8. The van der Waals surface area contributed by atoms with Gasteiger partial charge in [-0.15, -0.1) is 0 Å². The first-order chi connectivity index (χ1) is 19.6. The zero-order valence-corrected chi connectivity index (χ0v) is 22.6. The zero-order valence-electron chi connectivity index (χ0n) is 22.6. The van der Waals surface area contributed by atoms with Crippen LogP contribution in [0.5, 0.6) is 0 Å². The van der Waals surface area contributed by atoms with Crippen molar-refractivity contribution in [1.82, 2.24) is 14.9 Å². The van der Waals surface area contributed by atoms with E-state index >= 15 is 4.39 Å². The Kier molecular flexibility index (Phi) is 8.95. The van der Waals surface area contributed by atoms with Crippen LogP contribution in [-0.4, -0.2) is 82.1 Å². The number of rotatable bonds is 10. The Bertz CT molecular complexity index is 1190. The van der Waals surface area contributed by atoms with Crippen LogP contribution in [0.15, 0.2) is 30.6 Å². The summed E-state index contributed by atoms with van der Waals surface area (Å²) in [4.78, 5) is 23.8. The molecule has 3 fully saturated rings. The Morgan fingerprint density at radius 3 is 2.44 bits per heavy atom. The van der Waals surface area contributed by atoms with Gasteiger partial charge in [0.1, 0.15) is 12.4 Å². The molecule has 3 aliphatic rings. The summed E-state index contributed by atoms with van der Waals surface area (Å²) in [6, 6.07) is 4.16. The number of likely N-dealkylation sites (tertiary alicyclic amines) is 1. The number of ether oxygens (including phenoxy) is 1. The molecule has 1 aromatic heterocycles. The number of β-amino-alcohol motifs (C(OH)–C–C–N with tert-alkyl or cyclic N) is 1. The van der Waals surface area contributed by atoms with Gasteiger partial charge >= 0.3 is 12.1 Å². The predicted molar refractivity (Wildman–Crippen MR) is 142 cm³/mol. The number of aliphatic carboxylic acids is 1. The molecule has 9 nitrogen and oxygen atoms in total. The van der Waals surface area contributed by atoms with E-state index in [1.165, 1.54) is 18.5 Å². The third kappa shape index (κ3) is 7.07. The number of hydrogen-bond donors (Lipinski definition) is 3. The van der Waals surface area contributed by atoms with Gasteiger partial charge < -0.3 is 25.2 Å². The van der Waals surface area contributed by atoms with E-state index in [0.717, 1.165) is 25.0 Å². The van der Waals surface area contributed by atoms with Crippen LogP contribution in [0.1, 0.15) is 43.2 Å². The van der Waals surface area contributed by atoms with Crippen LogP contribution in [-0.2, 0) is 22.3 Å². The standard InChI is InChI=1S/C28H35F4N5O4/c29-23-25(33-13-19-7-10-36(15-22(19)38)24(27(39)40)18-8-11-41-12-9-18)34-16-35-26(23)37(21-5-6-21)14-17-1-3-20(4-2-17)28(30,31)32/h1-4,16,18-19,21-22,24,38H,5-15H2,(H,39,40)(H,33,34,35)/t19-,22+,24?/m0/s1. The number of nitrogens with one attached hydrogen (secondary N) is 1. The molecule has 0 spiro atoms. The Morgan fingerprint density at radius 1 is 1.12 bits per heavy atom. The summed E-state index contributed by atoms with van der Waals surface area (Å²) >= 11 is 0. The van der Waals surface area contributed by atoms with Crippen LogP contribution in [0.4, 0.5) is 29.2 Å². The number of carboxylic acid groups (broad SMARTS) is 1. The third-order valence-electron chi connectivity index (χ3n) is 8.31. The van der Waals surface area contributed by atoms with Crippen LogP contribution in [0.2, 0.25) is 0 Å². The topological polar surface area (TPSA) is 111 Å². The number of alkyl halides is 3. The fourth-order valence-electron chi connectivity index (χ4n) is 5.85. The van der Waals surface area contributed by atoms with Crippen molar-refractivity contribution >= 4 is 17.6 Å². The van der Waals surface area contributed by atoms with E-state index in [0.29, 0.717) is 44.6 Å². The molecule has 1 aliphatic carbocycles. The monoisotopic (exact) mass is 581 g/mol. The highest BCUT2D eigenvalue weighted by molar-refractivity contribution is 5.74. The lowest BCUT2D eigenvalue weighted by Crippen LogP contribution is -2.55. The summed E-state index contributed by atoms with van der Waals surface area (Å²) in [5, 5.41) is 23.7. The van der Waals surface area contributed by atoms with Crippen molar-refractivity contribution in [3.05, 3.63) is 47.5 Å². The number of anilines is 2. The van der Waals surface area contributed by atoms with Gasteiger partial charge in [0.05, 0.1) is 11.7 Å². The van der Waals surface area contributed by atoms with Crippen LogP contribution in [0.25, 0.3) is 0 Å². The molecule has 2 saturated heterocycles. The van der Waals surface area contributed by atoms with E-state index in [9.17, 15) is 28.2 Å². The number of piperidine rings is 1. The molecule has 41 heavy (non-hydrogen) atoms. The summed E-state index contributed by atoms with van der Waals surface area (Å²) in [7, 11) is 0. The van der Waals surface area contributed by atoms with Crippen LogP contribution < -0.4 is 10.2 Å². The molecule has 1 saturated carbocycles. The summed E-state index contributed by atoms with van der Waals surface area (Å²) in [5.41, 5.74) is -0.137. The second kappa shape index (κ2) is 12.5. The number of nitrogens with zero attached hydrogens (tertiary/aromatic N) is 4. The van der Waals surface area contributed by atoms with E-state index in [-0.39, 0.29) is 49.1 Å². The van der Waals surface area contributed by atoms with Crippen molar-refractivity contribution in [2.24, 2.45) is 11.8 Å². The van der Waals surface area contributed by atoms with Gasteiger partial charge in [-0.3, -0.25) is 9.69 Å². The van der Waals surface area contributed by atoms with Gasteiger partial charge in [-0.1, -0.05) is 12.1 Å². The van der Waals surface area contributed by atoms with E-state index < -0.39 is 35.7 Å². The highest BCUT2D eigenvalue weighted by Gasteiger charge is 2.39. The molecule has 3 heterocycles. The fraction of sp³-hybridized carbons (Fsp3) is 0.607. The fourth-order valence-corrected chi connectivity index (χ4v) is 5.85. The molecule has 224 valence electrons. The van der Waals surface area contributed by atoms with Crippen LogP contribution in [0.3, 0.4) is 0 Å². The second-order valence-electron chi connectivity index (χ2n) is 11.1. The Hall–Kier alpha value is -3.03. The first-order valence-electron chi connectivity index (χ1n) is 14.0. The highest BCUT2D eigenvalue weighted by atomic mass is 19.4. The molecule has 2 aromatic rings. The quantitative estimate of drug-likeness (QED) is 0.361. The van der Waals surface area contributed by atoms with Crippen LogP contribution in [0, 0.1) is 17.7 Å². The van der Waals surface area contributed by atoms with Crippen molar-refractivity contribution < 1.29 is 37.3 Å². The van der Waals surface area contributed by atoms with Crippen molar-refractivity contribution in [2.45, 2.75) is 63.0 Å². The highest BCUT2D eigenvalue weighted by Crippen LogP contribution is 2.36. The minimum atomic E-state index is -4.43. The molecule has 2 aliphatic heterocycles.